The molecule has 0 fully saturated rings. The molecule has 8 heteroatoms. The van der Waals surface area contributed by atoms with Crippen LogP contribution in [0, 0.1) is 5.41 Å². The van der Waals surface area contributed by atoms with E-state index < -0.39 is 17.2 Å². The van der Waals surface area contributed by atoms with Gasteiger partial charge in [0.1, 0.15) is 11.2 Å². The van der Waals surface area contributed by atoms with Gasteiger partial charge in [-0.15, -0.1) is 0 Å². The number of primary amides is 1. The van der Waals surface area contributed by atoms with Gasteiger partial charge >= 0.3 is 0 Å². The van der Waals surface area contributed by atoms with Crippen molar-refractivity contribution in [1.29, 1.82) is 0 Å². The Morgan fingerprint density at radius 3 is 2.56 bits per heavy atom. The van der Waals surface area contributed by atoms with Crippen LogP contribution >= 0.6 is 0 Å². The maximum Gasteiger partial charge on any atom is 0.242 e. The van der Waals surface area contributed by atoms with Gasteiger partial charge in [-0.25, -0.2) is 0 Å². The average Bonchev–Trinajstić information content (AvgIpc) is 2.83. The molecule has 0 saturated carbocycles. The Hall–Kier alpha value is -3.42. The summed E-state index contributed by atoms with van der Waals surface area (Å²) in [5, 5.41) is 0. The van der Waals surface area contributed by atoms with Crippen molar-refractivity contribution in [1.82, 2.24) is 4.98 Å². The zero-order chi connectivity index (χ0) is 23.5. The van der Waals surface area contributed by atoms with Crippen LogP contribution < -0.4 is 20.3 Å². The first kappa shape index (κ1) is 23.2. The van der Waals surface area contributed by atoms with Crippen LogP contribution in [0.4, 0.5) is 11.4 Å². The Balaban J connectivity index is 1.72. The molecule has 0 bridgehead atoms. The summed E-state index contributed by atoms with van der Waals surface area (Å²) in [6, 6.07) is 8.99. The summed E-state index contributed by atoms with van der Waals surface area (Å²) in [5.41, 5.74) is 6.50. The number of ether oxygens (including phenoxy) is 1. The zero-order valence-electron chi connectivity index (χ0n) is 19.0. The molecule has 0 saturated heterocycles. The number of carbonyl (C=O) groups excluding carboxylic acids is 3. The highest BCUT2D eigenvalue weighted by atomic mass is 16.5. The van der Waals surface area contributed by atoms with Crippen LogP contribution in [0.5, 0.6) is 5.75 Å². The van der Waals surface area contributed by atoms with Crippen LogP contribution in [-0.2, 0) is 14.4 Å². The predicted molar refractivity (Wildman–Crippen MR) is 123 cm³/mol. The molecular formula is C24H30N4O4. The molecule has 1 aromatic heterocycles. The van der Waals surface area contributed by atoms with Gasteiger partial charge in [-0.3, -0.25) is 19.4 Å². The number of rotatable bonds is 8. The lowest BCUT2D eigenvalue weighted by atomic mass is 9.90. The van der Waals surface area contributed by atoms with Crippen LogP contribution in [0.1, 0.15) is 45.1 Å². The molecule has 2 N–H and O–H groups in total. The highest BCUT2D eigenvalue weighted by molar-refractivity contribution is 6.20. The summed E-state index contributed by atoms with van der Waals surface area (Å²) in [6.07, 6.45) is 4.45. The molecule has 1 aliphatic heterocycles. The van der Waals surface area contributed by atoms with Gasteiger partial charge in [-0.1, -0.05) is 6.07 Å². The van der Waals surface area contributed by atoms with Crippen molar-refractivity contribution in [3.8, 4) is 5.75 Å². The van der Waals surface area contributed by atoms with Crippen molar-refractivity contribution >= 4 is 29.1 Å². The van der Waals surface area contributed by atoms with E-state index in [0.29, 0.717) is 43.1 Å². The summed E-state index contributed by atoms with van der Waals surface area (Å²) >= 11 is 0. The fourth-order valence-electron chi connectivity index (χ4n) is 4.00. The van der Waals surface area contributed by atoms with E-state index in [1.165, 1.54) is 4.90 Å². The van der Waals surface area contributed by atoms with Gasteiger partial charge in [-0.05, 0) is 57.4 Å². The number of nitrogens with zero attached hydrogens (tertiary/aromatic N) is 3. The number of benzene rings is 1. The van der Waals surface area contributed by atoms with Gasteiger partial charge in [0.15, 0.2) is 0 Å². The van der Waals surface area contributed by atoms with E-state index in [-0.39, 0.29) is 11.8 Å². The first-order valence-electron chi connectivity index (χ1n) is 10.7. The average molecular weight is 439 g/mol. The summed E-state index contributed by atoms with van der Waals surface area (Å²) in [6.45, 7) is 6.02. The highest BCUT2D eigenvalue weighted by Gasteiger charge is 2.45. The Bertz CT molecular complexity index is 1010. The SMILES string of the molecule is CCN1C(=O)C(C)(C)C(=O)N(C)c2cc(OCCCC(C(N)=O)c3cccnc3)ccc21. The number of aromatic nitrogens is 1. The van der Waals surface area contributed by atoms with Crippen LogP contribution in [-0.4, -0.2) is 42.9 Å². The monoisotopic (exact) mass is 438 g/mol. The number of fused-ring (bicyclic) bond motifs is 1. The standard InChI is InChI=1S/C24H30N4O4/c1-5-28-19-11-10-17(14-20(19)27(4)22(30)24(2,3)23(28)31)32-13-7-9-18(21(25)29)16-8-6-12-26-15-16/h6,8,10-12,14-15,18H,5,7,9,13H2,1-4H3,(H2,25,29). The van der Waals surface area contributed by atoms with E-state index in [2.05, 4.69) is 4.98 Å². The number of carbonyl (C=O) groups is 3. The first-order chi connectivity index (χ1) is 15.2. The number of anilines is 2. The molecule has 3 amide bonds. The van der Waals surface area contributed by atoms with E-state index >= 15 is 0 Å². The Morgan fingerprint density at radius 2 is 1.94 bits per heavy atom. The Morgan fingerprint density at radius 1 is 1.19 bits per heavy atom. The number of nitrogens with two attached hydrogens (primary N) is 1. The van der Waals surface area contributed by atoms with Gasteiger partial charge in [0.05, 0.1) is 23.9 Å². The minimum absolute atomic E-state index is 0.225. The fourth-order valence-corrected chi connectivity index (χ4v) is 4.00. The molecule has 0 aliphatic carbocycles. The van der Waals surface area contributed by atoms with Crippen molar-refractivity contribution in [3.63, 3.8) is 0 Å². The second-order valence-corrected chi connectivity index (χ2v) is 8.42. The van der Waals surface area contributed by atoms with E-state index in [1.54, 1.807) is 62.5 Å². The Labute approximate surface area is 188 Å². The second kappa shape index (κ2) is 9.38. The van der Waals surface area contributed by atoms with Crippen LogP contribution in [0.3, 0.4) is 0 Å². The molecule has 1 unspecified atom stereocenters. The molecule has 32 heavy (non-hydrogen) atoms. The quantitative estimate of drug-likeness (QED) is 0.504. The first-order valence-corrected chi connectivity index (χ1v) is 10.7. The van der Waals surface area contributed by atoms with E-state index in [0.717, 1.165) is 5.56 Å². The minimum Gasteiger partial charge on any atom is -0.494 e. The number of pyridine rings is 1. The molecule has 3 rings (SSSR count). The van der Waals surface area contributed by atoms with Gasteiger partial charge in [0, 0.05) is 32.1 Å². The molecule has 170 valence electrons. The lowest BCUT2D eigenvalue weighted by Crippen LogP contribution is -2.47. The number of hydrogen-bond acceptors (Lipinski definition) is 5. The van der Waals surface area contributed by atoms with Crippen LogP contribution in [0.25, 0.3) is 0 Å². The zero-order valence-corrected chi connectivity index (χ0v) is 19.0. The van der Waals surface area contributed by atoms with E-state index in [9.17, 15) is 14.4 Å². The lowest BCUT2D eigenvalue weighted by Gasteiger charge is -2.27. The van der Waals surface area contributed by atoms with Crippen molar-refractivity contribution in [2.75, 3.05) is 30.0 Å². The van der Waals surface area contributed by atoms with E-state index in [4.69, 9.17) is 10.5 Å². The maximum atomic E-state index is 13.0. The third kappa shape index (κ3) is 4.44. The van der Waals surface area contributed by atoms with Gasteiger partial charge in [-0.2, -0.15) is 0 Å². The molecular weight excluding hydrogens is 408 g/mol. The number of amides is 3. The normalized spacial score (nSPS) is 16.4. The van der Waals surface area contributed by atoms with Crippen molar-refractivity contribution in [2.24, 2.45) is 11.1 Å². The molecule has 8 nitrogen and oxygen atoms in total. The van der Waals surface area contributed by atoms with Gasteiger partial charge in [0.2, 0.25) is 17.7 Å². The smallest absolute Gasteiger partial charge is 0.242 e. The minimum atomic E-state index is -1.15. The van der Waals surface area contributed by atoms with Crippen molar-refractivity contribution in [2.45, 2.75) is 39.5 Å². The third-order valence-electron chi connectivity index (χ3n) is 5.87. The maximum absolute atomic E-state index is 13.0. The summed E-state index contributed by atoms with van der Waals surface area (Å²) in [4.78, 5) is 44.9. The van der Waals surface area contributed by atoms with Crippen molar-refractivity contribution < 1.29 is 19.1 Å². The highest BCUT2D eigenvalue weighted by Crippen LogP contribution is 2.40. The third-order valence-corrected chi connectivity index (χ3v) is 5.87. The fraction of sp³-hybridized carbons (Fsp3) is 0.417. The second-order valence-electron chi connectivity index (χ2n) is 8.42. The van der Waals surface area contributed by atoms with Crippen LogP contribution in [0.2, 0.25) is 0 Å². The van der Waals surface area contributed by atoms with Crippen LogP contribution in [0.15, 0.2) is 42.7 Å². The molecule has 0 radical (unpaired) electrons. The van der Waals surface area contributed by atoms with Gasteiger partial charge < -0.3 is 20.3 Å². The van der Waals surface area contributed by atoms with Crippen molar-refractivity contribution in [3.05, 3.63) is 48.3 Å². The summed E-state index contributed by atoms with van der Waals surface area (Å²) < 4.78 is 5.90. The Kier molecular flexibility index (Phi) is 6.81. The van der Waals surface area contributed by atoms with Gasteiger partial charge in [0.25, 0.3) is 0 Å². The summed E-state index contributed by atoms with van der Waals surface area (Å²) in [5.74, 6) is -0.719. The molecule has 2 heterocycles. The van der Waals surface area contributed by atoms with E-state index in [1.807, 2.05) is 13.0 Å². The largest absolute Gasteiger partial charge is 0.494 e. The lowest BCUT2D eigenvalue weighted by molar-refractivity contribution is -0.137. The molecule has 1 atom stereocenters. The summed E-state index contributed by atoms with van der Waals surface area (Å²) in [7, 11) is 1.67. The molecule has 0 spiro atoms. The molecule has 1 aliphatic rings. The number of hydrogen-bond donors (Lipinski definition) is 1. The molecule has 2 aromatic rings. The topological polar surface area (TPSA) is 106 Å². The predicted octanol–water partition coefficient (Wildman–Crippen LogP) is 2.87. The molecule has 1 aromatic carbocycles.